The quantitative estimate of drug-likeness (QED) is 0.717. The van der Waals surface area contributed by atoms with Gasteiger partial charge in [0.1, 0.15) is 16.6 Å². The molecule has 2 N–H and O–H groups in total. The first-order chi connectivity index (χ1) is 12.6. The number of aromatic nitrogens is 2. The molecule has 0 fully saturated rings. The molecule has 2 amide bonds. The van der Waals surface area contributed by atoms with Crippen molar-refractivity contribution in [1.82, 2.24) is 15.1 Å². The third kappa shape index (κ3) is 6.10. The van der Waals surface area contributed by atoms with Crippen LogP contribution in [0.2, 0.25) is 0 Å². The van der Waals surface area contributed by atoms with Gasteiger partial charge in [0.05, 0.1) is 6.54 Å². The lowest BCUT2D eigenvalue weighted by atomic mass is 10.1. The van der Waals surface area contributed by atoms with Crippen LogP contribution in [-0.2, 0) is 6.42 Å². The number of carbonyl (C=O) groups excluding carboxylic acids is 1. The van der Waals surface area contributed by atoms with Gasteiger partial charge in [-0.2, -0.15) is 13.2 Å². The van der Waals surface area contributed by atoms with Crippen molar-refractivity contribution in [2.24, 2.45) is 0 Å². The minimum Gasteiger partial charge on any atom is -0.382 e. The van der Waals surface area contributed by atoms with Gasteiger partial charge in [0.2, 0.25) is 5.13 Å². The Morgan fingerprint density at radius 1 is 1.26 bits per heavy atom. The zero-order valence-electron chi connectivity index (χ0n) is 13.9. The number of benzene rings is 1. The largest absolute Gasteiger partial charge is 0.416 e. The molecular weight excluding hydrogens is 395 g/mol. The van der Waals surface area contributed by atoms with E-state index in [1.54, 1.807) is 0 Å². The zero-order valence-corrected chi connectivity index (χ0v) is 14.7. The number of likely N-dealkylation sites (N-methyl/N-ethyl adjacent to an activating group) is 1. The van der Waals surface area contributed by atoms with Gasteiger partial charge in [-0.1, -0.05) is 11.3 Å². The Bertz CT molecular complexity index is 779. The molecule has 1 aromatic carbocycles. The second-order valence-electron chi connectivity index (χ2n) is 5.48. The van der Waals surface area contributed by atoms with Crippen LogP contribution in [0.5, 0.6) is 0 Å². The molecule has 0 aliphatic rings. The second kappa shape index (κ2) is 8.57. The molecule has 1 atom stereocenters. The van der Waals surface area contributed by atoms with Gasteiger partial charge in [-0.3, -0.25) is 5.32 Å². The average Bonchev–Trinajstić information content (AvgIpc) is 2.97. The van der Waals surface area contributed by atoms with Gasteiger partial charge in [0.15, 0.2) is 6.10 Å². The van der Waals surface area contributed by atoms with Gasteiger partial charge >= 0.3 is 12.2 Å². The van der Waals surface area contributed by atoms with E-state index in [0.717, 1.165) is 34.4 Å². The van der Waals surface area contributed by atoms with E-state index in [4.69, 9.17) is 5.11 Å². The molecule has 148 valence electrons. The Kier molecular flexibility index (Phi) is 6.65. The number of halogens is 5. The molecule has 2 aromatic rings. The van der Waals surface area contributed by atoms with Crippen molar-refractivity contribution in [3.05, 3.63) is 40.4 Å². The zero-order chi connectivity index (χ0) is 20.2. The van der Waals surface area contributed by atoms with Crippen LogP contribution in [0, 0.1) is 11.6 Å². The van der Waals surface area contributed by atoms with Gasteiger partial charge in [0.25, 0.3) is 0 Å². The van der Waals surface area contributed by atoms with Crippen molar-refractivity contribution >= 4 is 22.5 Å². The van der Waals surface area contributed by atoms with E-state index in [2.05, 4.69) is 15.5 Å². The predicted molar refractivity (Wildman–Crippen MR) is 87.4 cm³/mol. The highest BCUT2D eigenvalue weighted by molar-refractivity contribution is 7.15. The van der Waals surface area contributed by atoms with Gasteiger partial charge in [-0.25, -0.2) is 13.6 Å². The number of rotatable bonds is 6. The third-order valence-corrected chi connectivity index (χ3v) is 4.24. The molecule has 0 spiro atoms. The van der Waals surface area contributed by atoms with Crippen LogP contribution in [0.1, 0.15) is 17.5 Å². The van der Waals surface area contributed by atoms with Crippen LogP contribution < -0.4 is 5.32 Å². The molecule has 0 saturated carbocycles. The number of alkyl halides is 3. The fourth-order valence-electron chi connectivity index (χ4n) is 2.10. The summed E-state index contributed by atoms with van der Waals surface area (Å²) in [5.41, 5.74) is 0.310. The topological polar surface area (TPSA) is 78.4 Å². The number of aliphatic hydroxyl groups is 1. The number of aliphatic hydroxyl groups excluding tert-OH is 1. The van der Waals surface area contributed by atoms with E-state index in [9.17, 15) is 26.7 Å². The lowest BCUT2D eigenvalue weighted by Crippen LogP contribution is -2.45. The van der Waals surface area contributed by atoms with E-state index < -0.39 is 36.5 Å². The molecule has 0 unspecified atom stereocenters. The first-order valence-electron chi connectivity index (χ1n) is 7.66. The first kappa shape index (κ1) is 21.0. The average molecular weight is 410 g/mol. The van der Waals surface area contributed by atoms with E-state index in [1.165, 1.54) is 6.92 Å². The summed E-state index contributed by atoms with van der Waals surface area (Å²) in [6.45, 7) is 0.444. The number of anilines is 1. The van der Waals surface area contributed by atoms with Crippen molar-refractivity contribution in [2.75, 3.05) is 18.4 Å². The fourth-order valence-corrected chi connectivity index (χ4v) is 2.87. The third-order valence-electron chi connectivity index (χ3n) is 3.40. The molecule has 1 aromatic heterocycles. The number of urea groups is 1. The number of nitrogens with zero attached hydrogens (tertiary/aromatic N) is 3. The van der Waals surface area contributed by atoms with Crippen molar-refractivity contribution in [2.45, 2.75) is 25.6 Å². The molecular formula is C15H15F5N4O2S. The van der Waals surface area contributed by atoms with Crippen molar-refractivity contribution in [1.29, 1.82) is 0 Å². The molecule has 12 heteroatoms. The first-order valence-corrected chi connectivity index (χ1v) is 8.48. The molecule has 27 heavy (non-hydrogen) atoms. The second-order valence-corrected chi connectivity index (χ2v) is 6.54. The normalized spacial score (nSPS) is 12.7. The number of hydrogen-bond acceptors (Lipinski definition) is 5. The Labute approximate surface area is 154 Å². The Hall–Kier alpha value is -2.34. The summed E-state index contributed by atoms with van der Waals surface area (Å²) in [4.78, 5) is 12.8. The lowest BCUT2D eigenvalue weighted by Gasteiger charge is -2.24. The molecule has 0 aliphatic carbocycles. The Balaban J connectivity index is 2.00. The van der Waals surface area contributed by atoms with Crippen molar-refractivity contribution in [3.63, 3.8) is 0 Å². The van der Waals surface area contributed by atoms with Crippen LogP contribution in [0.3, 0.4) is 0 Å². The summed E-state index contributed by atoms with van der Waals surface area (Å²) in [6, 6.07) is 2.09. The highest BCUT2D eigenvalue weighted by Gasteiger charge is 2.39. The molecule has 0 saturated heterocycles. The number of nitrogens with one attached hydrogen (secondary N) is 1. The SMILES string of the molecule is CCN(C[C@@H](O)C(F)(F)F)C(=O)Nc1nnc(Cc2cc(F)cc(F)c2)s1. The van der Waals surface area contributed by atoms with E-state index in [-0.39, 0.29) is 18.1 Å². The molecule has 1 heterocycles. The van der Waals surface area contributed by atoms with Crippen molar-refractivity contribution < 1.29 is 31.9 Å². The minimum atomic E-state index is -4.84. The lowest BCUT2D eigenvalue weighted by molar-refractivity contribution is -0.206. The van der Waals surface area contributed by atoms with Crippen LogP contribution in [0.25, 0.3) is 0 Å². The smallest absolute Gasteiger partial charge is 0.382 e. The Morgan fingerprint density at radius 2 is 1.89 bits per heavy atom. The van der Waals surface area contributed by atoms with Gasteiger partial charge < -0.3 is 10.0 Å². The number of carbonyl (C=O) groups is 1. The molecule has 2 rings (SSSR count). The summed E-state index contributed by atoms with van der Waals surface area (Å²) in [5.74, 6) is -1.49. The van der Waals surface area contributed by atoms with Crippen LogP contribution in [0.4, 0.5) is 31.9 Å². The van der Waals surface area contributed by atoms with Crippen LogP contribution in [0.15, 0.2) is 18.2 Å². The maximum atomic E-state index is 13.2. The summed E-state index contributed by atoms with van der Waals surface area (Å²) in [7, 11) is 0. The summed E-state index contributed by atoms with van der Waals surface area (Å²) in [6.07, 6.45) is -7.45. The standard InChI is InChI=1S/C15H15F5N4O2S/c1-2-24(7-11(25)15(18,19)20)14(26)21-13-23-22-12(27-13)5-8-3-9(16)6-10(17)4-8/h3-4,6,11,25H,2,5,7H2,1H3,(H,21,23,26)/t11-/m1/s1. The highest BCUT2D eigenvalue weighted by atomic mass is 32.1. The van der Waals surface area contributed by atoms with E-state index in [1.807, 2.05) is 0 Å². The summed E-state index contributed by atoms with van der Waals surface area (Å²) < 4.78 is 63.6. The molecule has 0 aliphatic heterocycles. The predicted octanol–water partition coefficient (Wildman–Crippen LogP) is 3.18. The van der Waals surface area contributed by atoms with Crippen molar-refractivity contribution in [3.8, 4) is 0 Å². The molecule has 0 radical (unpaired) electrons. The van der Waals surface area contributed by atoms with E-state index in [0.29, 0.717) is 10.6 Å². The fraction of sp³-hybridized carbons (Fsp3) is 0.400. The minimum absolute atomic E-state index is 0.00632. The van der Waals surface area contributed by atoms with Gasteiger partial charge in [0, 0.05) is 19.0 Å². The van der Waals surface area contributed by atoms with Gasteiger partial charge in [-0.15, -0.1) is 10.2 Å². The van der Waals surface area contributed by atoms with Crippen LogP contribution >= 0.6 is 11.3 Å². The highest BCUT2D eigenvalue weighted by Crippen LogP contribution is 2.22. The number of hydrogen-bond donors (Lipinski definition) is 2. The summed E-state index contributed by atoms with van der Waals surface area (Å²) >= 11 is 0.910. The Morgan fingerprint density at radius 3 is 2.44 bits per heavy atom. The van der Waals surface area contributed by atoms with Crippen LogP contribution in [-0.4, -0.2) is 51.6 Å². The summed E-state index contributed by atoms with van der Waals surface area (Å²) in [5, 5.41) is 19.2. The monoisotopic (exact) mass is 410 g/mol. The maximum absolute atomic E-state index is 13.2. The molecule has 6 nitrogen and oxygen atoms in total. The maximum Gasteiger partial charge on any atom is 0.416 e. The molecule has 0 bridgehead atoms. The van der Waals surface area contributed by atoms with Gasteiger partial charge in [-0.05, 0) is 24.6 Å². The van der Waals surface area contributed by atoms with E-state index >= 15 is 0 Å². The number of amides is 2.